The van der Waals surface area contributed by atoms with E-state index < -0.39 is 0 Å². The van der Waals surface area contributed by atoms with E-state index in [1.807, 2.05) is 17.4 Å². The Morgan fingerprint density at radius 1 is 0.583 bits per heavy atom. The standard InChI is InChI=1S/C55H40BN2OS/c1-54(2,3)30-18-20-31(21-19-30)57-45-28-49-40(33-13-7-10-16-48(33)59-49)25-38(45)35-22-23-36-39-24-37-32-12-6-9-15-42(32)55(4,5)43(37)27-46(39)58-47-29-51-41(26-44(47)56-52(35)53(36)58)34-14-8-11-17-50(34)60-51/h6-29,57H,1-5H3. The largest absolute Gasteiger partial charge is 0.456 e. The Balaban J connectivity index is 1.11. The van der Waals surface area contributed by atoms with Crippen LogP contribution in [0.1, 0.15) is 51.3 Å². The van der Waals surface area contributed by atoms with Gasteiger partial charge < -0.3 is 14.3 Å². The van der Waals surface area contributed by atoms with Crippen LogP contribution in [0, 0.1) is 0 Å². The Hall–Kier alpha value is -6.56. The lowest BCUT2D eigenvalue weighted by molar-refractivity contribution is 0.590. The van der Waals surface area contributed by atoms with Crippen LogP contribution >= 0.6 is 11.3 Å². The maximum absolute atomic E-state index is 6.53. The molecule has 0 unspecified atom stereocenters. The molecule has 285 valence electrons. The van der Waals surface area contributed by atoms with Gasteiger partial charge in [-0.25, -0.2) is 0 Å². The van der Waals surface area contributed by atoms with Crippen molar-refractivity contribution >= 4 is 105 Å². The maximum atomic E-state index is 6.53. The zero-order valence-corrected chi connectivity index (χ0v) is 35.0. The van der Waals surface area contributed by atoms with Gasteiger partial charge in [0.1, 0.15) is 11.2 Å². The molecule has 1 aliphatic carbocycles. The molecule has 1 N–H and O–H groups in total. The zero-order chi connectivity index (χ0) is 40.2. The predicted octanol–water partition coefficient (Wildman–Crippen LogP) is 14.0. The summed E-state index contributed by atoms with van der Waals surface area (Å²) in [6.07, 6.45) is 0. The first kappa shape index (κ1) is 34.3. The molecule has 13 rings (SSSR count). The molecule has 8 aromatic carbocycles. The van der Waals surface area contributed by atoms with Crippen molar-refractivity contribution in [3.8, 4) is 27.9 Å². The summed E-state index contributed by atoms with van der Waals surface area (Å²) in [5.41, 5.74) is 19.1. The van der Waals surface area contributed by atoms with Gasteiger partial charge in [0.05, 0.1) is 11.2 Å². The van der Waals surface area contributed by atoms with Crippen LogP contribution in [0.3, 0.4) is 0 Å². The minimum Gasteiger partial charge on any atom is -0.456 e. The molecular weight excluding hydrogens is 747 g/mol. The van der Waals surface area contributed by atoms with E-state index in [2.05, 4.69) is 191 Å². The Bertz CT molecular complexity index is 3670. The van der Waals surface area contributed by atoms with E-state index >= 15 is 0 Å². The van der Waals surface area contributed by atoms with Gasteiger partial charge >= 0.3 is 0 Å². The lowest BCUT2D eigenvalue weighted by Crippen LogP contribution is -2.37. The molecule has 0 atom stereocenters. The molecule has 0 bridgehead atoms. The van der Waals surface area contributed by atoms with Crippen molar-refractivity contribution in [2.24, 2.45) is 0 Å². The highest BCUT2D eigenvalue weighted by Gasteiger charge is 2.37. The molecular formula is C55H40BN2OS. The number of rotatable bonds is 3. The highest BCUT2D eigenvalue weighted by atomic mass is 32.1. The number of nitrogens with one attached hydrogen (secondary N) is 1. The number of thiophene rings is 1. The van der Waals surface area contributed by atoms with Crippen molar-refractivity contribution in [1.82, 2.24) is 4.57 Å². The van der Waals surface area contributed by atoms with Crippen molar-refractivity contribution < 1.29 is 4.42 Å². The number of para-hydroxylation sites is 1. The van der Waals surface area contributed by atoms with E-state index in [0.717, 1.165) is 38.9 Å². The highest BCUT2D eigenvalue weighted by Crippen LogP contribution is 2.51. The molecule has 11 aromatic rings. The van der Waals surface area contributed by atoms with Crippen LogP contribution in [0.25, 0.3) is 91.9 Å². The van der Waals surface area contributed by atoms with E-state index in [1.165, 1.54) is 92.0 Å². The fourth-order valence-electron chi connectivity index (χ4n) is 10.5. The number of nitrogens with zero attached hydrogens (tertiary/aromatic N) is 1. The number of benzene rings is 8. The van der Waals surface area contributed by atoms with Crippen molar-refractivity contribution in [2.75, 3.05) is 5.32 Å². The number of anilines is 2. The van der Waals surface area contributed by atoms with Gasteiger partial charge in [0, 0.05) is 70.3 Å². The normalized spacial score (nSPS) is 14.0. The molecule has 3 aromatic heterocycles. The number of hydrogen-bond donors (Lipinski definition) is 1. The van der Waals surface area contributed by atoms with Crippen LogP contribution in [0.5, 0.6) is 0 Å². The SMILES string of the molecule is CC(C)(C)c1ccc(Nc2cc3oc4ccccc4c3cc2-c2ccc3c4cc5c(cc4n4c3c2[B]c2cc3c(cc2-4)sc2ccccc23)C(C)(C)c2ccccc2-5)cc1. The van der Waals surface area contributed by atoms with Crippen LogP contribution in [0.4, 0.5) is 11.4 Å². The summed E-state index contributed by atoms with van der Waals surface area (Å²) in [6.45, 7) is 11.6. The number of hydrogen-bond acceptors (Lipinski definition) is 3. The summed E-state index contributed by atoms with van der Waals surface area (Å²) in [7, 11) is 2.46. The van der Waals surface area contributed by atoms with Crippen LogP contribution in [0.2, 0.25) is 0 Å². The first-order chi connectivity index (χ1) is 29.1. The number of furan rings is 1. The van der Waals surface area contributed by atoms with Crippen LogP contribution in [-0.4, -0.2) is 11.8 Å². The highest BCUT2D eigenvalue weighted by molar-refractivity contribution is 7.25. The minimum absolute atomic E-state index is 0.0691. The van der Waals surface area contributed by atoms with Gasteiger partial charge in [0.15, 0.2) is 7.28 Å². The smallest absolute Gasteiger partial charge is 0.197 e. The van der Waals surface area contributed by atoms with E-state index in [0.29, 0.717) is 0 Å². The van der Waals surface area contributed by atoms with Gasteiger partial charge in [-0.3, -0.25) is 0 Å². The van der Waals surface area contributed by atoms with E-state index in [4.69, 9.17) is 4.42 Å². The molecule has 0 saturated heterocycles. The second-order valence-corrected chi connectivity index (χ2v) is 19.5. The van der Waals surface area contributed by atoms with E-state index in [-0.39, 0.29) is 10.8 Å². The van der Waals surface area contributed by atoms with Crippen LogP contribution in [0.15, 0.2) is 150 Å². The molecule has 1 radical (unpaired) electrons. The average Bonchev–Trinajstić information content (AvgIpc) is 3.96. The topological polar surface area (TPSA) is 30.1 Å². The fraction of sp³-hybridized carbons (Fsp3) is 0.127. The molecule has 60 heavy (non-hydrogen) atoms. The average molecular weight is 788 g/mol. The summed E-state index contributed by atoms with van der Waals surface area (Å²) in [5, 5.41) is 11.3. The molecule has 3 nitrogen and oxygen atoms in total. The van der Waals surface area contributed by atoms with Gasteiger partial charge in [-0.1, -0.05) is 131 Å². The summed E-state index contributed by atoms with van der Waals surface area (Å²) < 4.78 is 11.7. The first-order valence-electron chi connectivity index (χ1n) is 21.0. The fourth-order valence-corrected chi connectivity index (χ4v) is 11.6. The second-order valence-electron chi connectivity index (χ2n) is 18.4. The molecule has 0 amide bonds. The molecule has 4 heterocycles. The van der Waals surface area contributed by atoms with Crippen LogP contribution in [-0.2, 0) is 10.8 Å². The van der Waals surface area contributed by atoms with Crippen LogP contribution < -0.4 is 16.2 Å². The summed E-state index contributed by atoms with van der Waals surface area (Å²) in [6, 6.07) is 54.3. The third-order valence-electron chi connectivity index (χ3n) is 13.6. The number of aromatic nitrogens is 1. The van der Waals surface area contributed by atoms with E-state index in [9.17, 15) is 0 Å². The van der Waals surface area contributed by atoms with E-state index in [1.54, 1.807) is 0 Å². The Kier molecular flexibility index (Phi) is 6.75. The number of fused-ring (bicyclic) bond motifs is 14. The Morgan fingerprint density at radius 3 is 2.20 bits per heavy atom. The quantitative estimate of drug-likeness (QED) is 0.181. The Morgan fingerprint density at radius 2 is 1.35 bits per heavy atom. The molecule has 2 aliphatic rings. The molecule has 0 saturated carbocycles. The summed E-state index contributed by atoms with van der Waals surface area (Å²) in [5.74, 6) is 0. The lowest BCUT2D eigenvalue weighted by Gasteiger charge is -2.25. The third-order valence-corrected chi connectivity index (χ3v) is 14.7. The lowest BCUT2D eigenvalue weighted by atomic mass is 9.59. The van der Waals surface area contributed by atoms with Crippen molar-refractivity contribution in [3.63, 3.8) is 0 Å². The predicted molar refractivity (Wildman–Crippen MR) is 257 cm³/mol. The van der Waals surface area contributed by atoms with Crippen molar-refractivity contribution in [3.05, 3.63) is 162 Å². The zero-order valence-electron chi connectivity index (χ0n) is 34.2. The summed E-state index contributed by atoms with van der Waals surface area (Å²) >= 11 is 1.89. The first-order valence-corrected chi connectivity index (χ1v) is 21.8. The van der Waals surface area contributed by atoms with Crippen molar-refractivity contribution in [2.45, 2.75) is 45.4 Å². The van der Waals surface area contributed by atoms with Gasteiger partial charge in [-0.05, 0) is 98.2 Å². The minimum atomic E-state index is -0.113. The van der Waals surface area contributed by atoms with Crippen molar-refractivity contribution in [1.29, 1.82) is 0 Å². The molecule has 0 spiro atoms. The molecule has 1 aliphatic heterocycles. The monoisotopic (exact) mass is 787 g/mol. The molecule has 0 fully saturated rings. The van der Waals surface area contributed by atoms with Gasteiger partial charge in [0.25, 0.3) is 0 Å². The Labute approximate surface area is 353 Å². The maximum Gasteiger partial charge on any atom is 0.197 e. The summed E-state index contributed by atoms with van der Waals surface area (Å²) in [4.78, 5) is 0. The van der Waals surface area contributed by atoms with Gasteiger partial charge in [0.2, 0.25) is 0 Å². The third kappa shape index (κ3) is 4.67. The molecule has 5 heteroatoms. The van der Waals surface area contributed by atoms with Gasteiger partial charge in [-0.2, -0.15) is 0 Å². The second kappa shape index (κ2) is 11.8. The van der Waals surface area contributed by atoms with Gasteiger partial charge in [-0.15, -0.1) is 11.3 Å².